The van der Waals surface area contributed by atoms with Crippen molar-refractivity contribution < 1.29 is 8.42 Å². The number of likely N-dealkylation sites (tertiary alicyclic amines) is 1. The van der Waals surface area contributed by atoms with Gasteiger partial charge in [0.15, 0.2) is 0 Å². The van der Waals surface area contributed by atoms with Crippen LogP contribution in [0.15, 0.2) is 29.2 Å². The Morgan fingerprint density at radius 2 is 1.95 bits per heavy atom. The van der Waals surface area contributed by atoms with Gasteiger partial charge < -0.3 is 10.6 Å². The summed E-state index contributed by atoms with van der Waals surface area (Å²) in [6, 6.07) is 6.69. The van der Waals surface area contributed by atoms with E-state index in [0.717, 1.165) is 19.4 Å². The van der Waals surface area contributed by atoms with Crippen molar-refractivity contribution >= 4 is 15.7 Å². The molecule has 6 heteroatoms. The van der Waals surface area contributed by atoms with Crippen LogP contribution in [-0.4, -0.2) is 39.0 Å². The molecule has 0 spiro atoms. The number of nitrogens with one attached hydrogen (secondary N) is 1. The number of rotatable bonds is 3. The van der Waals surface area contributed by atoms with Gasteiger partial charge in [-0.1, -0.05) is 0 Å². The Hall–Kier alpha value is -1.11. The Morgan fingerprint density at radius 1 is 1.32 bits per heavy atom. The van der Waals surface area contributed by atoms with Crippen molar-refractivity contribution in [2.75, 3.05) is 19.3 Å². The zero-order valence-electron chi connectivity index (χ0n) is 11.3. The summed E-state index contributed by atoms with van der Waals surface area (Å²) >= 11 is 0. The highest BCUT2D eigenvalue weighted by atomic mass is 32.2. The fourth-order valence-electron chi connectivity index (χ4n) is 2.33. The van der Waals surface area contributed by atoms with Crippen LogP contribution >= 0.6 is 0 Å². The van der Waals surface area contributed by atoms with Crippen LogP contribution in [0.3, 0.4) is 0 Å². The van der Waals surface area contributed by atoms with Gasteiger partial charge in [-0.05, 0) is 57.6 Å². The zero-order chi connectivity index (χ0) is 14.0. The molecule has 106 valence electrons. The van der Waals surface area contributed by atoms with Crippen molar-refractivity contribution in [3.63, 3.8) is 0 Å². The number of piperidine rings is 1. The third kappa shape index (κ3) is 3.46. The summed E-state index contributed by atoms with van der Waals surface area (Å²) < 4.78 is 27.3. The zero-order valence-corrected chi connectivity index (χ0v) is 12.2. The molecule has 2 rings (SSSR count). The Kier molecular flexibility index (Phi) is 4.13. The second kappa shape index (κ2) is 5.48. The summed E-state index contributed by atoms with van der Waals surface area (Å²) in [6.07, 6.45) is 1.68. The molecule has 0 amide bonds. The lowest BCUT2D eigenvalue weighted by Crippen LogP contribution is -2.47. The van der Waals surface area contributed by atoms with E-state index in [2.05, 4.69) is 23.6 Å². The van der Waals surface area contributed by atoms with E-state index in [0.29, 0.717) is 11.7 Å². The van der Waals surface area contributed by atoms with E-state index in [9.17, 15) is 8.42 Å². The predicted molar refractivity (Wildman–Crippen MR) is 76.3 cm³/mol. The molecular weight excluding hydrogens is 262 g/mol. The number of benzene rings is 1. The molecule has 1 aliphatic heterocycles. The van der Waals surface area contributed by atoms with E-state index in [1.807, 2.05) is 0 Å². The first-order chi connectivity index (χ1) is 8.88. The molecule has 1 aromatic rings. The van der Waals surface area contributed by atoms with Gasteiger partial charge in [0.25, 0.3) is 0 Å². The number of nitrogen functional groups attached to an aromatic ring is 1. The lowest BCUT2D eigenvalue weighted by Gasteiger charge is -2.35. The predicted octanol–water partition coefficient (Wildman–Crippen LogP) is 1.03. The molecule has 1 fully saturated rings. The number of hydrogen-bond acceptors (Lipinski definition) is 4. The van der Waals surface area contributed by atoms with Crippen LogP contribution in [0.25, 0.3) is 0 Å². The van der Waals surface area contributed by atoms with Crippen molar-refractivity contribution in [3.05, 3.63) is 24.3 Å². The molecule has 0 aliphatic carbocycles. The standard InChI is InChI=1S/C13H21N3O2S/c1-10-9-12(7-8-16(10)2)15-19(17,18)13-5-3-11(14)4-6-13/h3-6,10,12,15H,7-9,14H2,1-2H3. The van der Waals surface area contributed by atoms with Crippen LogP contribution in [0.4, 0.5) is 5.69 Å². The van der Waals surface area contributed by atoms with Crippen LogP contribution < -0.4 is 10.5 Å². The molecule has 3 N–H and O–H groups in total. The number of sulfonamides is 1. The summed E-state index contributed by atoms with van der Waals surface area (Å²) in [6.45, 7) is 3.03. The fraction of sp³-hybridized carbons (Fsp3) is 0.538. The molecule has 1 aliphatic rings. The molecule has 2 unspecified atom stereocenters. The van der Waals surface area contributed by atoms with Gasteiger partial charge in [0, 0.05) is 17.8 Å². The van der Waals surface area contributed by atoms with E-state index in [4.69, 9.17) is 5.73 Å². The Balaban J connectivity index is 2.07. The number of anilines is 1. The lowest BCUT2D eigenvalue weighted by molar-refractivity contribution is 0.178. The van der Waals surface area contributed by atoms with Gasteiger partial charge in [-0.3, -0.25) is 0 Å². The van der Waals surface area contributed by atoms with Crippen molar-refractivity contribution in [2.45, 2.75) is 36.7 Å². The van der Waals surface area contributed by atoms with Gasteiger partial charge in [0.05, 0.1) is 4.90 Å². The molecule has 1 saturated heterocycles. The molecular formula is C13H21N3O2S. The van der Waals surface area contributed by atoms with Gasteiger partial charge in [-0.25, -0.2) is 13.1 Å². The van der Waals surface area contributed by atoms with Crippen LogP contribution in [0, 0.1) is 0 Å². The molecule has 0 aromatic heterocycles. The van der Waals surface area contributed by atoms with Crippen molar-refractivity contribution in [1.29, 1.82) is 0 Å². The topological polar surface area (TPSA) is 75.4 Å². The summed E-state index contributed by atoms with van der Waals surface area (Å²) in [5.74, 6) is 0. The highest BCUT2D eigenvalue weighted by molar-refractivity contribution is 7.89. The molecule has 0 saturated carbocycles. The molecule has 5 nitrogen and oxygen atoms in total. The molecule has 2 atom stereocenters. The minimum atomic E-state index is -3.44. The van der Waals surface area contributed by atoms with Gasteiger partial charge in [0.2, 0.25) is 10.0 Å². The average Bonchev–Trinajstić information content (AvgIpc) is 2.34. The molecule has 0 radical (unpaired) electrons. The Labute approximate surface area is 114 Å². The van der Waals surface area contributed by atoms with Crippen LogP contribution in [-0.2, 0) is 10.0 Å². The third-order valence-electron chi connectivity index (χ3n) is 3.72. The van der Waals surface area contributed by atoms with Crippen molar-refractivity contribution in [1.82, 2.24) is 9.62 Å². The minimum Gasteiger partial charge on any atom is -0.399 e. The Bertz CT molecular complexity index is 527. The fourth-order valence-corrected chi connectivity index (χ4v) is 3.61. The van der Waals surface area contributed by atoms with Gasteiger partial charge in [-0.2, -0.15) is 0 Å². The summed E-state index contributed by atoms with van der Waals surface area (Å²) in [4.78, 5) is 2.52. The van der Waals surface area contributed by atoms with Gasteiger partial charge in [0.1, 0.15) is 0 Å². The van der Waals surface area contributed by atoms with Crippen LogP contribution in [0.1, 0.15) is 19.8 Å². The van der Waals surface area contributed by atoms with E-state index >= 15 is 0 Å². The number of nitrogens with zero attached hydrogens (tertiary/aromatic N) is 1. The van der Waals surface area contributed by atoms with Crippen LogP contribution in [0.5, 0.6) is 0 Å². The van der Waals surface area contributed by atoms with Gasteiger partial charge >= 0.3 is 0 Å². The smallest absolute Gasteiger partial charge is 0.240 e. The summed E-state index contributed by atoms with van der Waals surface area (Å²) in [7, 11) is -1.38. The molecule has 19 heavy (non-hydrogen) atoms. The van der Waals surface area contributed by atoms with E-state index in [-0.39, 0.29) is 10.9 Å². The SMILES string of the molecule is CC1CC(NS(=O)(=O)c2ccc(N)cc2)CCN1C. The quantitative estimate of drug-likeness (QED) is 0.812. The maximum Gasteiger partial charge on any atom is 0.240 e. The van der Waals surface area contributed by atoms with Crippen molar-refractivity contribution in [3.8, 4) is 0 Å². The molecule has 1 heterocycles. The molecule has 1 aromatic carbocycles. The second-order valence-corrected chi connectivity index (χ2v) is 6.96. The summed E-state index contributed by atoms with van der Waals surface area (Å²) in [5, 5.41) is 0. The maximum absolute atomic E-state index is 12.2. The highest BCUT2D eigenvalue weighted by Crippen LogP contribution is 2.18. The largest absolute Gasteiger partial charge is 0.399 e. The van der Waals surface area contributed by atoms with Gasteiger partial charge in [-0.15, -0.1) is 0 Å². The van der Waals surface area contributed by atoms with Crippen LogP contribution in [0.2, 0.25) is 0 Å². The normalized spacial score (nSPS) is 25.4. The second-order valence-electron chi connectivity index (χ2n) is 5.24. The average molecular weight is 283 g/mol. The van der Waals surface area contributed by atoms with E-state index in [1.54, 1.807) is 12.1 Å². The minimum absolute atomic E-state index is 0.00810. The first-order valence-electron chi connectivity index (χ1n) is 6.46. The third-order valence-corrected chi connectivity index (χ3v) is 5.26. The van der Waals surface area contributed by atoms with E-state index < -0.39 is 10.0 Å². The Morgan fingerprint density at radius 3 is 2.53 bits per heavy atom. The lowest BCUT2D eigenvalue weighted by atomic mass is 10.0. The maximum atomic E-state index is 12.2. The van der Waals surface area contributed by atoms with E-state index in [1.165, 1.54) is 12.1 Å². The first-order valence-corrected chi connectivity index (χ1v) is 7.95. The van der Waals surface area contributed by atoms with Crippen molar-refractivity contribution in [2.24, 2.45) is 0 Å². The summed E-state index contributed by atoms with van der Waals surface area (Å²) in [5.41, 5.74) is 6.13. The highest BCUT2D eigenvalue weighted by Gasteiger charge is 2.26. The number of nitrogens with two attached hydrogens (primary N) is 1. The number of hydrogen-bond donors (Lipinski definition) is 2. The monoisotopic (exact) mass is 283 g/mol. The molecule has 0 bridgehead atoms. The first kappa shape index (κ1) is 14.3.